The first-order valence-electron chi connectivity index (χ1n) is 11.8. The molecule has 1 aliphatic heterocycles. The van der Waals surface area contributed by atoms with Gasteiger partial charge in [-0.05, 0) is 56.0 Å². The third kappa shape index (κ3) is 3.83. The van der Waals surface area contributed by atoms with Crippen LogP contribution in [0.25, 0.3) is 27.8 Å². The van der Waals surface area contributed by atoms with Gasteiger partial charge in [-0.15, -0.1) is 0 Å². The number of carbonyl (C=O) groups excluding carboxylic acids is 1. The van der Waals surface area contributed by atoms with E-state index in [0.29, 0.717) is 23.1 Å². The molecule has 0 aromatic carbocycles. The highest BCUT2D eigenvalue weighted by Crippen LogP contribution is 2.39. The third-order valence-electron chi connectivity index (χ3n) is 6.89. The van der Waals surface area contributed by atoms with Crippen LogP contribution >= 0.6 is 0 Å². The summed E-state index contributed by atoms with van der Waals surface area (Å²) in [5.41, 5.74) is 5.83. The standard InChI is InChI=1S/C25H30FN7O/c1-14(2)20-21-18(31-23(20)17-9-15(3)25-29-13-30-33(25)11-17)10-28-24(22(21)26)16-5-7-32(8-6-16)12-19(34)27-4/h9-11,13-14,16,31H,5-8,12H2,1-4H3,(H,27,34). The number of aromatic amines is 1. The Hall–Kier alpha value is -3.33. The van der Waals surface area contributed by atoms with Crippen molar-refractivity contribution < 1.29 is 9.18 Å². The van der Waals surface area contributed by atoms with Crippen molar-refractivity contribution in [1.29, 1.82) is 0 Å². The number of pyridine rings is 2. The molecule has 34 heavy (non-hydrogen) atoms. The number of nitrogens with zero attached hydrogens (tertiary/aromatic N) is 5. The van der Waals surface area contributed by atoms with Crippen molar-refractivity contribution in [3.05, 3.63) is 47.4 Å². The Morgan fingerprint density at radius 3 is 2.76 bits per heavy atom. The number of hydrogen-bond donors (Lipinski definition) is 2. The van der Waals surface area contributed by atoms with Gasteiger partial charge in [-0.1, -0.05) is 13.8 Å². The highest BCUT2D eigenvalue weighted by molar-refractivity contribution is 5.92. The van der Waals surface area contributed by atoms with Crippen molar-refractivity contribution in [1.82, 2.24) is 34.8 Å². The molecule has 1 fully saturated rings. The van der Waals surface area contributed by atoms with Gasteiger partial charge >= 0.3 is 0 Å². The van der Waals surface area contributed by atoms with Crippen LogP contribution in [0.15, 0.2) is 24.8 Å². The van der Waals surface area contributed by atoms with E-state index in [1.807, 2.05) is 13.1 Å². The molecule has 0 spiro atoms. The number of H-pyrrole nitrogens is 1. The van der Waals surface area contributed by atoms with E-state index in [4.69, 9.17) is 0 Å². The van der Waals surface area contributed by atoms with Gasteiger partial charge in [-0.2, -0.15) is 5.10 Å². The molecular weight excluding hydrogens is 433 g/mol. The molecule has 0 atom stereocenters. The zero-order valence-electron chi connectivity index (χ0n) is 20.0. The van der Waals surface area contributed by atoms with Gasteiger partial charge in [0.25, 0.3) is 0 Å². The van der Waals surface area contributed by atoms with Crippen LogP contribution in [0.5, 0.6) is 0 Å². The number of likely N-dealkylation sites (tertiary alicyclic amines) is 1. The second-order valence-electron chi connectivity index (χ2n) is 9.48. The van der Waals surface area contributed by atoms with Crippen molar-refractivity contribution in [3.63, 3.8) is 0 Å². The maximum absolute atomic E-state index is 16.1. The lowest BCUT2D eigenvalue weighted by Gasteiger charge is -2.31. The quantitative estimate of drug-likeness (QED) is 0.470. The van der Waals surface area contributed by atoms with Gasteiger partial charge < -0.3 is 10.3 Å². The highest BCUT2D eigenvalue weighted by atomic mass is 19.1. The molecule has 5 heterocycles. The van der Waals surface area contributed by atoms with Crippen molar-refractivity contribution in [2.45, 2.75) is 45.4 Å². The van der Waals surface area contributed by atoms with E-state index in [2.05, 4.69) is 50.2 Å². The second-order valence-corrected chi connectivity index (χ2v) is 9.48. The van der Waals surface area contributed by atoms with E-state index < -0.39 is 0 Å². The second kappa shape index (κ2) is 8.79. The first-order valence-corrected chi connectivity index (χ1v) is 11.8. The Kier molecular flexibility index (Phi) is 5.81. The molecule has 0 aliphatic carbocycles. The molecule has 0 bridgehead atoms. The molecule has 1 saturated heterocycles. The Balaban J connectivity index is 1.53. The average Bonchev–Trinajstić information content (AvgIpc) is 3.45. The van der Waals surface area contributed by atoms with E-state index in [1.54, 1.807) is 17.8 Å². The van der Waals surface area contributed by atoms with Gasteiger partial charge in [0.1, 0.15) is 6.33 Å². The summed E-state index contributed by atoms with van der Waals surface area (Å²) in [6, 6.07) is 2.06. The maximum atomic E-state index is 16.1. The van der Waals surface area contributed by atoms with E-state index in [1.165, 1.54) is 6.33 Å². The molecule has 1 amide bonds. The summed E-state index contributed by atoms with van der Waals surface area (Å²) in [6.45, 7) is 8.07. The van der Waals surface area contributed by atoms with Crippen LogP contribution in [0.4, 0.5) is 4.39 Å². The summed E-state index contributed by atoms with van der Waals surface area (Å²) in [7, 11) is 1.65. The fourth-order valence-corrected chi connectivity index (χ4v) is 5.15. The number of rotatable bonds is 5. The van der Waals surface area contributed by atoms with Crippen molar-refractivity contribution in [2.24, 2.45) is 0 Å². The molecule has 0 radical (unpaired) electrons. The van der Waals surface area contributed by atoms with Gasteiger partial charge in [0.05, 0.1) is 29.6 Å². The topological polar surface area (TPSA) is 91.2 Å². The summed E-state index contributed by atoms with van der Waals surface area (Å²) in [5, 5.41) is 7.58. The number of aryl methyl sites for hydroxylation is 1. The largest absolute Gasteiger partial charge is 0.358 e. The number of piperidine rings is 1. The van der Waals surface area contributed by atoms with E-state index in [0.717, 1.165) is 54.0 Å². The molecule has 5 rings (SSSR count). The van der Waals surface area contributed by atoms with Gasteiger partial charge in [0.2, 0.25) is 5.91 Å². The van der Waals surface area contributed by atoms with Crippen LogP contribution < -0.4 is 5.32 Å². The Morgan fingerprint density at radius 2 is 2.06 bits per heavy atom. The molecular formula is C25H30FN7O. The van der Waals surface area contributed by atoms with Crippen LogP contribution in [0.2, 0.25) is 0 Å². The van der Waals surface area contributed by atoms with Gasteiger partial charge in [0, 0.05) is 30.1 Å². The fourth-order valence-electron chi connectivity index (χ4n) is 5.15. The van der Waals surface area contributed by atoms with Crippen LogP contribution in [-0.4, -0.2) is 62.1 Å². The molecule has 4 aromatic rings. The Labute approximate surface area is 197 Å². The number of hydrogen-bond acceptors (Lipinski definition) is 5. The van der Waals surface area contributed by atoms with Crippen molar-refractivity contribution >= 4 is 22.5 Å². The molecule has 4 aromatic heterocycles. The summed E-state index contributed by atoms with van der Waals surface area (Å²) < 4.78 is 17.8. The lowest BCUT2D eigenvalue weighted by Crippen LogP contribution is -2.40. The lowest BCUT2D eigenvalue weighted by molar-refractivity contribution is -0.122. The molecule has 9 heteroatoms. The van der Waals surface area contributed by atoms with E-state index in [9.17, 15) is 4.79 Å². The molecule has 0 unspecified atom stereocenters. The fraction of sp³-hybridized carbons (Fsp3) is 0.440. The Bertz CT molecular complexity index is 1360. The number of carbonyl (C=O) groups is 1. The zero-order chi connectivity index (χ0) is 24.0. The highest BCUT2D eigenvalue weighted by Gasteiger charge is 2.28. The van der Waals surface area contributed by atoms with Gasteiger partial charge in [-0.3, -0.25) is 14.7 Å². The van der Waals surface area contributed by atoms with Crippen molar-refractivity contribution in [2.75, 3.05) is 26.7 Å². The summed E-state index contributed by atoms with van der Waals surface area (Å²) in [6.07, 6.45) is 6.80. The van der Waals surface area contributed by atoms with Crippen LogP contribution in [0.3, 0.4) is 0 Å². The predicted octanol–water partition coefficient (Wildman–Crippen LogP) is 3.77. The average molecular weight is 464 g/mol. The smallest absolute Gasteiger partial charge is 0.233 e. The van der Waals surface area contributed by atoms with Crippen molar-refractivity contribution in [3.8, 4) is 11.3 Å². The number of aromatic nitrogens is 5. The minimum Gasteiger partial charge on any atom is -0.358 e. The zero-order valence-corrected chi connectivity index (χ0v) is 20.0. The normalized spacial score (nSPS) is 15.6. The number of likely N-dealkylation sites (N-methyl/N-ethyl adjacent to an activating group) is 1. The third-order valence-corrected chi connectivity index (χ3v) is 6.89. The SMILES string of the molecule is CNC(=O)CN1CCC(c2ncc3[nH]c(-c4cc(C)c5ncnn5c4)c(C(C)C)c3c2F)CC1. The van der Waals surface area contributed by atoms with Gasteiger partial charge in [0.15, 0.2) is 11.5 Å². The monoisotopic (exact) mass is 463 g/mol. The lowest BCUT2D eigenvalue weighted by atomic mass is 9.90. The van der Waals surface area contributed by atoms with Crippen LogP contribution in [-0.2, 0) is 4.79 Å². The van der Waals surface area contributed by atoms with Crippen LogP contribution in [0, 0.1) is 12.7 Å². The summed E-state index contributed by atoms with van der Waals surface area (Å²) in [5.74, 6) is -0.0796. The predicted molar refractivity (Wildman–Crippen MR) is 129 cm³/mol. The minimum absolute atomic E-state index is 0.00456. The first kappa shape index (κ1) is 22.5. The maximum Gasteiger partial charge on any atom is 0.233 e. The molecule has 178 valence electrons. The minimum atomic E-state index is -0.230. The summed E-state index contributed by atoms with van der Waals surface area (Å²) >= 11 is 0. The molecule has 1 aliphatic rings. The number of fused-ring (bicyclic) bond motifs is 2. The summed E-state index contributed by atoms with van der Waals surface area (Å²) in [4.78, 5) is 26.1. The van der Waals surface area contributed by atoms with E-state index in [-0.39, 0.29) is 23.6 Å². The molecule has 2 N–H and O–H groups in total. The van der Waals surface area contributed by atoms with E-state index >= 15 is 4.39 Å². The van der Waals surface area contributed by atoms with Crippen LogP contribution in [0.1, 0.15) is 55.3 Å². The Morgan fingerprint density at radius 1 is 1.29 bits per heavy atom. The molecule has 0 saturated carbocycles. The molecule has 8 nitrogen and oxygen atoms in total. The van der Waals surface area contributed by atoms with Gasteiger partial charge in [-0.25, -0.2) is 13.9 Å². The number of amides is 1. The first-order chi connectivity index (χ1) is 16.4. The number of nitrogens with one attached hydrogen (secondary N) is 2. The number of halogens is 1.